The summed E-state index contributed by atoms with van der Waals surface area (Å²) < 4.78 is 2.37. The van der Waals surface area contributed by atoms with Crippen LogP contribution in [0.1, 0.15) is 57.6 Å². The van der Waals surface area contributed by atoms with Gasteiger partial charge in [-0.1, -0.05) is 118 Å². The number of nitrogens with zero attached hydrogens (tertiary/aromatic N) is 2. The number of anilines is 2. The maximum Gasteiger partial charge on any atom is 0.0541 e. The van der Waals surface area contributed by atoms with E-state index < -0.39 is 0 Å². The Morgan fingerprint density at radius 3 is 2.02 bits per heavy atom. The molecule has 0 spiro atoms. The van der Waals surface area contributed by atoms with Crippen LogP contribution in [-0.4, -0.2) is 4.57 Å². The SMILES string of the molecule is C=C(/C=C\C)C1=CC=C(N(c2ccc(-c3ccc4c(c3)c3ccccc3n4-c3ccccc3)cc2)c2ccc(C(=C)/C=C\C)c(C(C)C)c2)CC1. The lowest BCUT2D eigenvalue weighted by Gasteiger charge is -2.31. The van der Waals surface area contributed by atoms with Gasteiger partial charge in [0.05, 0.1) is 11.0 Å². The van der Waals surface area contributed by atoms with Crippen LogP contribution in [0, 0.1) is 0 Å². The van der Waals surface area contributed by atoms with E-state index in [1.807, 2.05) is 13.8 Å². The molecule has 1 heterocycles. The average Bonchev–Trinajstić information content (AvgIpc) is 3.49. The first-order valence-electron chi connectivity index (χ1n) is 18.0. The number of hydrogen-bond acceptors (Lipinski definition) is 1. The largest absolute Gasteiger partial charge is 0.314 e. The van der Waals surface area contributed by atoms with Crippen LogP contribution >= 0.6 is 0 Å². The highest BCUT2D eigenvalue weighted by molar-refractivity contribution is 6.10. The smallest absolute Gasteiger partial charge is 0.0541 e. The third-order valence-electron chi connectivity index (χ3n) is 9.97. The van der Waals surface area contributed by atoms with Crippen LogP contribution in [0.5, 0.6) is 0 Å². The summed E-state index contributed by atoms with van der Waals surface area (Å²) >= 11 is 0. The summed E-state index contributed by atoms with van der Waals surface area (Å²) in [6, 6.07) is 42.2. The molecule has 0 fully saturated rings. The number of para-hydroxylation sites is 2. The molecular formula is C49H46N2. The molecule has 0 unspecified atom stereocenters. The van der Waals surface area contributed by atoms with Crippen molar-refractivity contribution in [3.8, 4) is 16.8 Å². The summed E-state index contributed by atoms with van der Waals surface area (Å²) in [5.41, 5.74) is 15.5. The van der Waals surface area contributed by atoms with Crippen LogP contribution in [0.15, 0.2) is 182 Å². The van der Waals surface area contributed by atoms with Gasteiger partial charge < -0.3 is 9.47 Å². The van der Waals surface area contributed by atoms with Crippen molar-refractivity contribution < 1.29 is 0 Å². The predicted octanol–water partition coefficient (Wildman–Crippen LogP) is 14.0. The monoisotopic (exact) mass is 662 g/mol. The van der Waals surface area contributed by atoms with E-state index in [1.165, 1.54) is 61.0 Å². The van der Waals surface area contributed by atoms with Crippen molar-refractivity contribution >= 4 is 38.8 Å². The van der Waals surface area contributed by atoms with E-state index in [4.69, 9.17) is 0 Å². The zero-order chi connectivity index (χ0) is 35.5. The first-order valence-corrected chi connectivity index (χ1v) is 18.0. The third kappa shape index (κ3) is 6.58. The second-order valence-electron chi connectivity index (χ2n) is 13.6. The highest BCUT2D eigenvalue weighted by Crippen LogP contribution is 2.40. The number of rotatable bonds is 10. The van der Waals surface area contributed by atoms with Crippen LogP contribution in [0.2, 0.25) is 0 Å². The van der Waals surface area contributed by atoms with Crippen molar-refractivity contribution in [2.24, 2.45) is 0 Å². The standard InChI is InChI=1S/C49H46N2/c1-7-14-35(5)37-20-25-41(26-21-37)50(43-29-30-44(36(6)15-8-2)46(33-43)34(3)4)42-27-22-38(23-28-42)39-24-31-49-47(32-39)45-18-12-13-19-48(45)51(49)40-16-10-9-11-17-40/h7-20,22-25,27-34H,5-6,21,26H2,1-4H3/b14-7-,15-8-. The van der Waals surface area contributed by atoms with E-state index in [-0.39, 0.29) is 0 Å². The molecule has 2 heteroatoms. The van der Waals surface area contributed by atoms with E-state index in [0.29, 0.717) is 5.92 Å². The summed E-state index contributed by atoms with van der Waals surface area (Å²) in [6.07, 6.45) is 14.7. The minimum absolute atomic E-state index is 0.352. The van der Waals surface area contributed by atoms with Crippen molar-refractivity contribution in [3.63, 3.8) is 0 Å². The number of fused-ring (bicyclic) bond motifs is 3. The molecule has 5 aromatic carbocycles. The Kier molecular flexibility index (Phi) is 9.59. The second-order valence-corrected chi connectivity index (χ2v) is 13.6. The summed E-state index contributed by atoms with van der Waals surface area (Å²) in [4.78, 5) is 2.43. The molecular weight excluding hydrogens is 617 g/mol. The van der Waals surface area contributed by atoms with Crippen LogP contribution in [-0.2, 0) is 0 Å². The maximum atomic E-state index is 4.38. The molecule has 0 aliphatic heterocycles. The number of aromatic nitrogens is 1. The molecule has 0 amide bonds. The molecule has 1 aromatic heterocycles. The molecule has 0 N–H and O–H groups in total. The van der Waals surface area contributed by atoms with Gasteiger partial charge in [-0.2, -0.15) is 0 Å². The lowest BCUT2D eigenvalue weighted by Crippen LogP contribution is -2.18. The first kappa shape index (κ1) is 33.6. The van der Waals surface area contributed by atoms with E-state index in [0.717, 1.165) is 35.4 Å². The fraction of sp³-hybridized carbons (Fsp3) is 0.143. The molecule has 7 rings (SSSR count). The second kappa shape index (κ2) is 14.5. The van der Waals surface area contributed by atoms with Gasteiger partial charge in [0.15, 0.2) is 0 Å². The van der Waals surface area contributed by atoms with Crippen molar-refractivity contribution in [2.45, 2.75) is 46.5 Å². The molecule has 6 aromatic rings. The Hall–Kier alpha value is -5.86. The summed E-state index contributed by atoms with van der Waals surface area (Å²) in [6.45, 7) is 17.3. The molecule has 0 saturated heterocycles. The highest BCUT2D eigenvalue weighted by Gasteiger charge is 2.21. The van der Waals surface area contributed by atoms with Gasteiger partial charge in [0.25, 0.3) is 0 Å². The van der Waals surface area contributed by atoms with E-state index in [2.05, 4.69) is 188 Å². The lowest BCUT2D eigenvalue weighted by molar-refractivity contribution is 0.857. The zero-order valence-corrected chi connectivity index (χ0v) is 30.2. The highest BCUT2D eigenvalue weighted by atomic mass is 15.1. The summed E-state index contributed by atoms with van der Waals surface area (Å²) in [5, 5.41) is 2.52. The Labute approximate surface area is 303 Å². The Bertz CT molecular complexity index is 2370. The fourth-order valence-electron chi connectivity index (χ4n) is 7.43. The maximum absolute atomic E-state index is 4.38. The van der Waals surface area contributed by atoms with E-state index in [9.17, 15) is 0 Å². The van der Waals surface area contributed by atoms with Gasteiger partial charge in [-0.25, -0.2) is 0 Å². The van der Waals surface area contributed by atoms with Gasteiger partial charge in [-0.3, -0.25) is 0 Å². The Balaban J connectivity index is 1.31. The van der Waals surface area contributed by atoms with Gasteiger partial charge in [0, 0.05) is 33.5 Å². The number of allylic oxidation sites excluding steroid dienone is 10. The average molecular weight is 663 g/mol. The van der Waals surface area contributed by atoms with Gasteiger partial charge in [-0.15, -0.1) is 0 Å². The van der Waals surface area contributed by atoms with Gasteiger partial charge in [0.1, 0.15) is 0 Å². The lowest BCUT2D eigenvalue weighted by atomic mass is 9.91. The fourth-order valence-corrected chi connectivity index (χ4v) is 7.43. The van der Waals surface area contributed by atoms with Gasteiger partial charge >= 0.3 is 0 Å². The molecule has 51 heavy (non-hydrogen) atoms. The van der Waals surface area contributed by atoms with Crippen LogP contribution < -0.4 is 4.90 Å². The molecule has 1 aliphatic rings. The Morgan fingerprint density at radius 2 is 1.31 bits per heavy atom. The first-order chi connectivity index (χ1) is 24.9. The molecule has 0 bridgehead atoms. The van der Waals surface area contributed by atoms with Crippen molar-refractivity contribution in [2.75, 3.05) is 4.90 Å². The minimum Gasteiger partial charge on any atom is -0.314 e. The van der Waals surface area contributed by atoms with E-state index >= 15 is 0 Å². The zero-order valence-electron chi connectivity index (χ0n) is 30.2. The summed E-state index contributed by atoms with van der Waals surface area (Å²) in [5.74, 6) is 0.352. The number of benzene rings is 5. The van der Waals surface area contributed by atoms with Crippen molar-refractivity contribution in [1.29, 1.82) is 0 Å². The predicted molar refractivity (Wildman–Crippen MR) is 222 cm³/mol. The molecule has 1 aliphatic carbocycles. The van der Waals surface area contributed by atoms with Crippen LogP contribution in [0.3, 0.4) is 0 Å². The number of hydrogen-bond donors (Lipinski definition) is 0. The van der Waals surface area contributed by atoms with E-state index in [1.54, 1.807) is 0 Å². The van der Waals surface area contributed by atoms with Crippen molar-refractivity contribution in [3.05, 3.63) is 193 Å². The minimum atomic E-state index is 0.352. The van der Waals surface area contributed by atoms with Crippen LogP contribution in [0.4, 0.5) is 11.4 Å². The molecule has 2 nitrogen and oxygen atoms in total. The topological polar surface area (TPSA) is 8.17 Å². The third-order valence-corrected chi connectivity index (χ3v) is 9.97. The molecule has 0 saturated carbocycles. The van der Waals surface area contributed by atoms with Crippen molar-refractivity contribution in [1.82, 2.24) is 4.57 Å². The summed E-state index contributed by atoms with van der Waals surface area (Å²) in [7, 11) is 0. The molecule has 252 valence electrons. The molecule has 0 atom stereocenters. The molecule has 0 radical (unpaired) electrons. The normalized spacial score (nSPS) is 13.4. The van der Waals surface area contributed by atoms with Gasteiger partial charge in [-0.05, 0) is 132 Å². The quantitative estimate of drug-likeness (QED) is 0.133. The van der Waals surface area contributed by atoms with Gasteiger partial charge in [0.2, 0.25) is 0 Å². The Morgan fingerprint density at radius 1 is 0.647 bits per heavy atom. The van der Waals surface area contributed by atoms with Crippen LogP contribution in [0.25, 0.3) is 44.2 Å².